The first-order valence-corrected chi connectivity index (χ1v) is 8.27. The zero-order valence-electron chi connectivity index (χ0n) is 12.7. The molecule has 2 unspecified atom stereocenters. The molecule has 2 atom stereocenters. The quantitative estimate of drug-likeness (QED) is 0.726. The molecule has 0 aromatic rings. The number of nitrogens with zero attached hydrogens (tertiary/aromatic N) is 1. The summed E-state index contributed by atoms with van der Waals surface area (Å²) in [6.07, 6.45) is 20.4. The number of rotatable bonds is 4. The topological polar surface area (TPSA) is 3.24 Å². The lowest BCUT2D eigenvalue weighted by molar-refractivity contribution is 0.302. The van der Waals surface area contributed by atoms with Gasteiger partial charge in [-0.15, -0.1) is 0 Å². The van der Waals surface area contributed by atoms with E-state index in [0.717, 1.165) is 5.92 Å². The average Bonchev–Trinajstić information content (AvgIpc) is 2.92. The molecule has 20 heavy (non-hydrogen) atoms. The number of hydrogen-bond donors (Lipinski definition) is 0. The highest BCUT2D eigenvalue weighted by atomic mass is 15.1. The van der Waals surface area contributed by atoms with Crippen molar-refractivity contribution in [3.8, 4) is 0 Å². The Morgan fingerprint density at radius 3 is 2.85 bits per heavy atom. The minimum atomic E-state index is 0.627. The van der Waals surface area contributed by atoms with Crippen LogP contribution in [0.2, 0.25) is 0 Å². The molecule has 0 spiro atoms. The summed E-state index contributed by atoms with van der Waals surface area (Å²) in [6.45, 7) is 6.19. The van der Waals surface area contributed by atoms with Crippen LogP contribution in [-0.2, 0) is 0 Å². The van der Waals surface area contributed by atoms with E-state index in [1.807, 2.05) is 0 Å². The molecule has 0 aromatic carbocycles. The Balaban J connectivity index is 1.76. The molecule has 2 aliphatic carbocycles. The molecule has 0 aromatic heterocycles. The molecule has 0 radical (unpaired) electrons. The summed E-state index contributed by atoms with van der Waals surface area (Å²) in [6, 6.07) is 0. The summed E-state index contributed by atoms with van der Waals surface area (Å²) in [5.74, 6) is 1.51. The van der Waals surface area contributed by atoms with Gasteiger partial charge < -0.3 is 4.90 Å². The molecule has 0 saturated carbocycles. The number of hydrogen-bond acceptors (Lipinski definition) is 1. The van der Waals surface area contributed by atoms with Gasteiger partial charge in [0.15, 0.2) is 0 Å². The third-order valence-corrected chi connectivity index (χ3v) is 4.87. The first-order valence-electron chi connectivity index (χ1n) is 8.27. The zero-order valence-corrected chi connectivity index (χ0v) is 12.7. The lowest BCUT2D eigenvalue weighted by Crippen LogP contribution is -2.29. The van der Waals surface area contributed by atoms with E-state index in [1.54, 1.807) is 11.1 Å². The summed E-state index contributed by atoms with van der Waals surface area (Å²) in [5, 5.41) is 0. The van der Waals surface area contributed by atoms with Crippen molar-refractivity contribution in [2.45, 2.75) is 39.0 Å². The van der Waals surface area contributed by atoms with Crippen LogP contribution in [0, 0.1) is 11.8 Å². The van der Waals surface area contributed by atoms with Gasteiger partial charge in [0.2, 0.25) is 0 Å². The maximum absolute atomic E-state index is 2.68. The summed E-state index contributed by atoms with van der Waals surface area (Å²) in [4.78, 5) is 2.68. The molecule has 1 nitrogen and oxygen atoms in total. The molecule has 3 aliphatic rings. The van der Waals surface area contributed by atoms with Crippen LogP contribution in [-0.4, -0.2) is 24.5 Å². The van der Waals surface area contributed by atoms with E-state index in [4.69, 9.17) is 0 Å². The zero-order chi connectivity index (χ0) is 13.8. The Hall–Kier alpha value is -1.08. The highest BCUT2D eigenvalue weighted by molar-refractivity contribution is 5.35. The highest BCUT2D eigenvalue weighted by Gasteiger charge is 2.25. The van der Waals surface area contributed by atoms with Crippen molar-refractivity contribution in [3.63, 3.8) is 0 Å². The third-order valence-electron chi connectivity index (χ3n) is 4.87. The van der Waals surface area contributed by atoms with E-state index < -0.39 is 0 Å². The van der Waals surface area contributed by atoms with Gasteiger partial charge in [-0.25, -0.2) is 0 Å². The van der Waals surface area contributed by atoms with Gasteiger partial charge in [0.1, 0.15) is 0 Å². The standard InChI is InChI=1S/C19H27N/c1-16-12-13-20(14-16)15-19(17-8-4-2-5-9-17)18-10-6-3-7-11-18/h2,4,6,8,10-11,16,19H,3,5,7,9,12-15H2,1H3. The molecule has 0 bridgehead atoms. The molecular weight excluding hydrogens is 242 g/mol. The summed E-state index contributed by atoms with van der Waals surface area (Å²) in [7, 11) is 0. The third kappa shape index (κ3) is 3.32. The molecule has 0 N–H and O–H groups in total. The van der Waals surface area contributed by atoms with Crippen LogP contribution < -0.4 is 0 Å². The second-order valence-corrected chi connectivity index (χ2v) is 6.60. The van der Waals surface area contributed by atoms with Crippen molar-refractivity contribution in [3.05, 3.63) is 47.6 Å². The molecule has 1 heterocycles. The van der Waals surface area contributed by atoms with Crippen LogP contribution in [0.15, 0.2) is 47.6 Å². The van der Waals surface area contributed by atoms with Gasteiger partial charge in [-0.05, 0) is 50.1 Å². The van der Waals surface area contributed by atoms with Crippen LogP contribution in [0.1, 0.15) is 39.0 Å². The van der Waals surface area contributed by atoms with Crippen molar-refractivity contribution in [2.24, 2.45) is 11.8 Å². The van der Waals surface area contributed by atoms with Crippen LogP contribution in [0.25, 0.3) is 0 Å². The second kappa shape index (κ2) is 6.58. The fraction of sp³-hybridized carbons (Fsp3) is 0.579. The van der Waals surface area contributed by atoms with Crippen LogP contribution in [0.5, 0.6) is 0 Å². The lowest BCUT2D eigenvalue weighted by Gasteiger charge is -2.29. The van der Waals surface area contributed by atoms with E-state index in [-0.39, 0.29) is 0 Å². The molecular formula is C19H27N. The normalized spacial score (nSPS) is 28.4. The molecule has 1 aliphatic heterocycles. The second-order valence-electron chi connectivity index (χ2n) is 6.60. The van der Waals surface area contributed by atoms with Crippen molar-refractivity contribution in [2.75, 3.05) is 19.6 Å². The van der Waals surface area contributed by atoms with E-state index in [2.05, 4.69) is 48.3 Å². The van der Waals surface area contributed by atoms with Gasteiger partial charge in [0, 0.05) is 19.0 Å². The SMILES string of the molecule is CC1CCN(CC(C2=CCCC=C2)C2=CC=CCC2)C1. The average molecular weight is 269 g/mol. The van der Waals surface area contributed by atoms with Crippen LogP contribution in [0.3, 0.4) is 0 Å². The Bertz CT molecular complexity index is 452. The minimum Gasteiger partial charge on any atom is -0.302 e. The van der Waals surface area contributed by atoms with Gasteiger partial charge >= 0.3 is 0 Å². The Labute approximate surface area is 123 Å². The molecule has 1 heteroatoms. The minimum absolute atomic E-state index is 0.627. The highest BCUT2D eigenvalue weighted by Crippen LogP contribution is 2.32. The van der Waals surface area contributed by atoms with Gasteiger partial charge in [0.25, 0.3) is 0 Å². The number of likely N-dealkylation sites (tertiary alicyclic amines) is 1. The van der Waals surface area contributed by atoms with Gasteiger partial charge in [-0.2, -0.15) is 0 Å². The van der Waals surface area contributed by atoms with Crippen molar-refractivity contribution in [1.82, 2.24) is 4.90 Å². The van der Waals surface area contributed by atoms with E-state index in [0.29, 0.717) is 5.92 Å². The predicted octanol–water partition coefficient (Wildman–Crippen LogP) is 4.50. The number of allylic oxidation sites excluding steroid dienone is 6. The van der Waals surface area contributed by atoms with Gasteiger partial charge in [0.05, 0.1) is 0 Å². The van der Waals surface area contributed by atoms with Gasteiger partial charge in [-0.3, -0.25) is 0 Å². The monoisotopic (exact) mass is 269 g/mol. The van der Waals surface area contributed by atoms with Crippen molar-refractivity contribution < 1.29 is 0 Å². The maximum Gasteiger partial charge on any atom is 0.0176 e. The van der Waals surface area contributed by atoms with Crippen LogP contribution >= 0.6 is 0 Å². The predicted molar refractivity (Wildman–Crippen MR) is 86.6 cm³/mol. The van der Waals surface area contributed by atoms with E-state index in [1.165, 1.54) is 51.7 Å². The van der Waals surface area contributed by atoms with Crippen LogP contribution in [0.4, 0.5) is 0 Å². The molecule has 1 fully saturated rings. The fourth-order valence-corrected chi connectivity index (χ4v) is 3.69. The van der Waals surface area contributed by atoms with Gasteiger partial charge in [-0.1, -0.05) is 49.0 Å². The first kappa shape index (κ1) is 13.9. The van der Waals surface area contributed by atoms with E-state index >= 15 is 0 Å². The molecule has 0 amide bonds. The lowest BCUT2D eigenvalue weighted by atomic mass is 9.83. The first-order chi connectivity index (χ1) is 9.83. The van der Waals surface area contributed by atoms with Crippen molar-refractivity contribution >= 4 is 0 Å². The Kier molecular flexibility index (Phi) is 4.57. The Morgan fingerprint density at radius 1 is 1.25 bits per heavy atom. The summed E-state index contributed by atoms with van der Waals surface area (Å²) in [5.41, 5.74) is 3.21. The largest absolute Gasteiger partial charge is 0.302 e. The molecule has 108 valence electrons. The van der Waals surface area contributed by atoms with Crippen molar-refractivity contribution in [1.29, 1.82) is 0 Å². The summed E-state index contributed by atoms with van der Waals surface area (Å²) < 4.78 is 0. The summed E-state index contributed by atoms with van der Waals surface area (Å²) >= 11 is 0. The smallest absolute Gasteiger partial charge is 0.0176 e. The Morgan fingerprint density at radius 2 is 2.20 bits per heavy atom. The molecule has 1 saturated heterocycles. The maximum atomic E-state index is 2.68. The fourth-order valence-electron chi connectivity index (χ4n) is 3.69. The van der Waals surface area contributed by atoms with E-state index in [9.17, 15) is 0 Å². The molecule has 3 rings (SSSR count).